The molecule has 7 nitrogen and oxygen atoms in total. The number of nitriles is 3. The summed E-state index contributed by atoms with van der Waals surface area (Å²) in [5.41, 5.74) is 4.62. The second kappa shape index (κ2) is 7.85. The first-order valence-electron chi connectivity index (χ1n) is 9.03. The van der Waals surface area contributed by atoms with Crippen LogP contribution in [0, 0.1) is 45.3 Å². The van der Waals surface area contributed by atoms with Gasteiger partial charge in [0.25, 0.3) is 0 Å². The minimum Gasteiger partial charge on any atom is -0.435 e. The van der Waals surface area contributed by atoms with Crippen LogP contribution in [0.2, 0.25) is 0 Å². The van der Waals surface area contributed by atoms with E-state index in [2.05, 4.69) is 4.74 Å². The van der Waals surface area contributed by atoms with Crippen LogP contribution >= 0.6 is 0 Å². The summed E-state index contributed by atoms with van der Waals surface area (Å²) in [4.78, 5) is 13.5. The van der Waals surface area contributed by atoms with E-state index in [1.807, 2.05) is 18.2 Å². The normalized spacial score (nSPS) is 22.3. The summed E-state index contributed by atoms with van der Waals surface area (Å²) in [6, 6.07) is 11.7. The van der Waals surface area contributed by atoms with Crippen LogP contribution in [-0.2, 0) is 4.79 Å². The summed E-state index contributed by atoms with van der Waals surface area (Å²) >= 11 is 0. The molecule has 0 unspecified atom stereocenters. The fourth-order valence-corrected chi connectivity index (χ4v) is 4.22. The monoisotopic (exact) mass is 409 g/mol. The second-order valence-electron chi connectivity index (χ2n) is 7.02. The highest BCUT2D eigenvalue weighted by Crippen LogP contribution is 2.55. The lowest BCUT2D eigenvalue weighted by molar-refractivity contribution is -0.129. The summed E-state index contributed by atoms with van der Waals surface area (Å²) in [5.74, 6) is -2.15. The Morgan fingerprint density at radius 3 is 2.53 bits per heavy atom. The van der Waals surface area contributed by atoms with Crippen LogP contribution in [0.15, 0.2) is 47.2 Å². The third-order valence-corrected chi connectivity index (χ3v) is 5.58. The Labute approximate surface area is 171 Å². The molecule has 1 aromatic carbocycles. The zero-order chi connectivity index (χ0) is 22.1. The van der Waals surface area contributed by atoms with Gasteiger partial charge in [-0.15, -0.1) is 0 Å². The molecule has 1 aliphatic heterocycles. The molecule has 1 aliphatic carbocycles. The Bertz CT molecular complexity index is 1060. The van der Waals surface area contributed by atoms with Gasteiger partial charge in [-0.1, -0.05) is 24.3 Å². The van der Waals surface area contributed by atoms with E-state index in [0.29, 0.717) is 5.57 Å². The Balaban J connectivity index is 2.33. The van der Waals surface area contributed by atoms with E-state index in [0.717, 1.165) is 0 Å². The molecular weight excluding hydrogens is 392 g/mol. The molecule has 152 valence electrons. The van der Waals surface area contributed by atoms with E-state index in [1.54, 1.807) is 12.1 Å². The molecule has 2 N–H and O–H groups in total. The Kier molecular flexibility index (Phi) is 5.45. The number of rotatable bonds is 3. The predicted octanol–water partition coefficient (Wildman–Crippen LogP) is 2.56. The summed E-state index contributed by atoms with van der Waals surface area (Å²) < 4.78 is 30.7. The molecule has 3 rings (SSSR count). The number of carbonyl (C=O) groups is 1. The predicted molar refractivity (Wildman–Crippen MR) is 100 cm³/mol. The van der Waals surface area contributed by atoms with Crippen LogP contribution in [-0.4, -0.2) is 30.5 Å². The average Bonchev–Trinajstić information content (AvgIpc) is 2.73. The van der Waals surface area contributed by atoms with E-state index in [9.17, 15) is 29.4 Å². The van der Waals surface area contributed by atoms with E-state index in [-0.39, 0.29) is 41.6 Å². The number of fused-ring (bicyclic) bond motifs is 1. The van der Waals surface area contributed by atoms with Gasteiger partial charge in [0.05, 0.1) is 23.4 Å². The second-order valence-corrected chi connectivity index (χ2v) is 7.02. The maximum Gasteiger partial charge on any atom is 0.387 e. The van der Waals surface area contributed by atoms with Gasteiger partial charge in [-0.05, 0) is 11.6 Å². The highest BCUT2D eigenvalue weighted by Gasteiger charge is 2.55. The number of hydrogen-bond donors (Lipinski definition) is 1. The lowest BCUT2D eigenvalue weighted by Crippen LogP contribution is -2.49. The summed E-state index contributed by atoms with van der Waals surface area (Å²) in [5, 5.41) is 29.7. The van der Waals surface area contributed by atoms with Gasteiger partial charge in [0.15, 0.2) is 5.41 Å². The molecule has 30 heavy (non-hydrogen) atoms. The number of nitrogens with two attached hydrogens (primary N) is 1. The lowest BCUT2D eigenvalue weighted by Gasteiger charge is -2.45. The number of hydrogen-bond acceptors (Lipinski definition) is 6. The third-order valence-electron chi connectivity index (χ3n) is 5.58. The molecule has 0 bridgehead atoms. The number of carbonyl (C=O) groups excluding carboxylic acids is 1. The van der Waals surface area contributed by atoms with Gasteiger partial charge in [-0.3, -0.25) is 4.79 Å². The first kappa shape index (κ1) is 20.8. The first-order chi connectivity index (χ1) is 14.3. The number of para-hydroxylation sites is 1. The highest BCUT2D eigenvalue weighted by atomic mass is 19.3. The molecule has 0 saturated carbocycles. The number of amides is 1. The number of alkyl halides is 2. The quantitative estimate of drug-likeness (QED) is 0.817. The largest absolute Gasteiger partial charge is 0.435 e. The molecule has 9 heteroatoms. The van der Waals surface area contributed by atoms with Crippen molar-refractivity contribution in [3.63, 3.8) is 0 Å². The van der Waals surface area contributed by atoms with Gasteiger partial charge in [0.1, 0.15) is 11.8 Å². The maximum atomic E-state index is 13.0. The molecule has 1 aromatic rings. The molecule has 0 saturated heterocycles. The number of allylic oxidation sites excluding steroid dienone is 2. The van der Waals surface area contributed by atoms with E-state index in [1.165, 1.54) is 30.0 Å². The minimum atomic E-state index is -3.12. The van der Waals surface area contributed by atoms with Crippen molar-refractivity contribution in [3.8, 4) is 24.0 Å². The van der Waals surface area contributed by atoms with Crippen LogP contribution in [0.3, 0.4) is 0 Å². The molecule has 0 fully saturated rings. The Morgan fingerprint density at radius 2 is 1.97 bits per heavy atom. The van der Waals surface area contributed by atoms with Gasteiger partial charge in [-0.25, -0.2) is 0 Å². The van der Waals surface area contributed by atoms with Crippen molar-refractivity contribution < 1.29 is 18.3 Å². The number of benzene rings is 1. The minimum absolute atomic E-state index is 0.00908. The highest BCUT2D eigenvalue weighted by molar-refractivity contribution is 5.74. The van der Waals surface area contributed by atoms with E-state index >= 15 is 0 Å². The fourth-order valence-electron chi connectivity index (χ4n) is 4.22. The molecular formula is C21H17F2N5O2. The molecule has 2 atom stereocenters. The van der Waals surface area contributed by atoms with Crippen LogP contribution in [0.25, 0.3) is 0 Å². The van der Waals surface area contributed by atoms with Crippen molar-refractivity contribution in [1.82, 2.24) is 4.90 Å². The van der Waals surface area contributed by atoms with Crippen molar-refractivity contribution in [2.45, 2.75) is 19.5 Å². The van der Waals surface area contributed by atoms with Gasteiger partial charge in [-0.2, -0.15) is 24.6 Å². The van der Waals surface area contributed by atoms with Crippen LogP contribution in [0.1, 0.15) is 18.4 Å². The Hall–Kier alpha value is -3.90. The summed E-state index contributed by atoms with van der Waals surface area (Å²) in [6.45, 7) is -1.42. The molecule has 0 radical (unpaired) electrons. The number of halogens is 2. The van der Waals surface area contributed by atoms with Crippen molar-refractivity contribution in [1.29, 1.82) is 15.8 Å². The standard InChI is InChI=1S/C21H17F2N5O2/c1-12(29)28-7-6-13-15(8-24)19(27)21(10-25,11-26)18(16(13)9-28)14-4-2-3-5-17(14)30-20(22)23/h2-6,16,18,20H,7,9,27H2,1H3/t16-,18+/m0/s1. The number of nitrogens with zero attached hydrogens (tertiary/aromatic N) is 4. The molecule has 0 aromatic heterocycles. The van der Waals surface area contributed by atoms with Crippen molar-refractivity contribution in [2.75, 3.05) is 13.1 Å². The molecule has 0 spiro atoms. The van der Waals surface area contributed by atoms with Crippen molar-refractivity contribution >= 4 is 5.91 Å². The first-order valence-corrected chi connectivity index (χ1v) is 9.03. The van der Waals surface area contributed by atoms with Crippen LogP contribution in [0.5, 0.6) is 5.75 Å². The SMILES string of the molecule is CC(=O)N1CC=C2C(C#N)=C(N)C(C#N)(C#N)[C@H](c3ccccc3OC(F)F)[C@H]2C1. The van der Waals surface area contributed by atoms with Gasteiger partial charge < -0.3 is 15.4 Å². The Morgan fingerprint density at radius 1 is 1.30 bits per heavy atom. The van der Waals surface area contributed by atoms with Gasteiger partial charge in [0.2, 0.25) is 5.91 Å². The lowest BCUT2D eigenvalue weighted by atomic mass is 9.58. The van der Waals surface area contributed by atoms with Gasteiger partial charge in [0, 0.05) is 37.4 Å². The van der Waals surface area contributed by atoms with Crippen molar-refractivity contribution in [3.05, 3.63) is 52.7 Å². The molecule has 2 aliphatic rings. The maximum absolute atomic E-state index is 13.0. The summed E-state index contributed by atoms with van der Waals surface area (Å²) in [7, 11) is 0. The van der Waals surface area contributed by atoms with Gasteiger partial charge >= 0.3 is 6.61 Å². The molecule has 1 heterocycles. The zero-order valence-electron chi connectivity index (χ0n) is 16.0. The van der Waals surface area contributed by atoms with E-state index in [4.69, 9.17) is 5.73 Å². The summed E-state index contributed by atoms with van der Waals surface area (Å²) in [6.07, 6.45) is 1.66. The topological polar surface area (TPSA) is 127 Å². The average molecular weight is 409 g/mol. The van der Waals surface area contributed by atoms with Crippen LogP contribution < -0.4 is 10.5 Å². The number of ether oxygens (including phenoxy) is 1. The smallest absolute Gasteiger partial charge is 0.387 e. The van der Waals surface area contributed by atoms with E-state index < -0.39 is 23.9 Å². The van der Waals surface area contributed by atoms with Crippen LogP contribution in [0.4, 0.5) is 8.78 Å². The fraction of sp³-hybridized carbons (Fsp3) is 0.333. The third kappa shape index (κ3) is 3.13. The van der Waals surface area contributed by atoms with Crippen molar-refractivity contribution in [2.24, 2.45) is 17.1 Å². The molecule has 1 amide bonds. The zero-order valence-corrected chi connectivity index (χ0v) is 16.0.